The van der Waals surface area contributed by atoms with Crippen molar-refractivity contribution in [2.75, 3.05) is 0 Å². The van der Waals surface area contributed by atoms with Crippen LogP contribution in [0, 0.1) is 0 Å². The number of hydrogen-bond donors (Lipinski definition) is 0. The van der Waals surface area contributed by atoms with Crippen molar-refractivity contribution < 1.29 is 22.7 Å². The molecule has 19 heavy (non-hydrogen) atoms. The molecule has 0 spiro atoms. The third-order valence-corrected chi connectivity index (χ3v) is 2.32. The molecule has 0 atom stereocenters. The maximum atomic E-state index is 12.2. The molecule has 0 aliphatic heterocycles. The minimum absolute atomic E-state index is 0.159. The molecule has 2 aromatic rings. The number of rotatable bonds is 3. The van der Waals surface area contributed by atoms with Crippen LogP contribution in [-0.4, -0.2) is 21.9 Å². The van der Waals surface area contributed by atoms with Crippen molar-refractivity contribution in [3.05, 3.63) is 47.8 Å². The van der Waals surface area contributed by atoms with Crippen molar-refractivity contribution in [1.82, 2.24) is 9.78 Å². The highest BCUT2D eigenvalue weighted by Gasteiger charge is 2.33. The van der Waals surface area contributed by atoms with Gasteiger partial charge in [-0.1, -0.05) is 12.1 Å². The first-order valence-electron chi connectivity index (χ1n) is 5.25. The van der Waals surface area contributed by atoms with E-state index >= 15 is 0 Å². The molecule has 0 amide bonds. The van der Waals surface area contributed by atoms with Gasteiger partial charge in [-0.3, -0.25) is 9.48 Å². The number of nitrogens with zero attached hydrogens (tertiary/aromatic N) is 2. The Kier molecular flexibility index (Phi) is 3.28. The number of benzene rings is 1. The Morgan fingerprint density at radius 1 is 1.32 bits per heavy atom. The molecule has 0 fully saturated rings. The van der Waals surface area contributed by atoms with Gasteiger partial charge in [0.2, 0.25) is 0 Å². The number of halogens is 3. The molecule has 0 aliphatic rings. The number of carbonyl (C=O) groups is 1. The van der Waals surface area contributed by atoms with Crippen LogP contribution in [0.2, 0.25) is 0 Å². The normalized spacial score (nSPS) is 11.4. The lowest BCUT2D eigenvalue weighted by atomic mass is 10.1. The summed E-state index contributed by atoms with van der Waals surface area (Å²) in [4.78, 5) is 12.1. The summed E-state index contributed by atoms with van der Waals surface area (Å²) in [7, 11) is 1.61. The highest BCUT2D eigenvalue weighted by molar-refractivity contribution is 6.10. The fourth-order valence-electron chi connectivity index (χ4n) is 1.56. The van der Waals surface area contributed by atoms with Crippen molar-refractivity contribution in [3.8, 4) is 5.75 Å². The molecule has 1 heterocycles. The third-order valence-electron chi connectivity index (χ3n) is 2.32. The molecule has 1 aromatic carbocycles. The van der Waals surface area contributed by atoms with Gasteiger partial charge in [0.15, 0.2) is 5.78 Å². The molecular formula is C12H9F3N2O2. The summed E-state index contributed by atoms with van der Waals surface area (Å²) in [5.41, 5.74) is 0.0357. The number of para-hydroxylation sites is 1. The Labute approximate surface area is 106 Å². The van der Waals surface area contributed by atoms with E-state index in [0.717, 1.165) is 6.07 Å². The smallest absolute Gasteiger partial charge is 0.405 e. The predicted octanol–water partition coefficient (Wildman–Crippen LogP) is 2.55. The minimum Gasteiger partial charge on any atom is -0.405 e. The Hall–Kier alpha value is -2.31. The fourth-order valence-corrected chi connectivity index (χ4v) is 1.56. The molecule has 100 valence electrons. The molecule has 7 heteroatoms. The van der Waals surface area contributed by atoms with Gasteiger partial charge in [-0.05, 0) is 12.1 Å². The van der Waals surface area contributed by atoms with Crippen LogP contribution in [0.3, 0.4) is 0 Å². The maximum Gasteiger partial charge on any atom is 0.573 e. The van der Waals surface area contributed by atoms with Crippen molar-refractivity contribution in [2.24, 2.45) is 7.05 Å². The standard InChI is InChI=1S/C12H9F3N2O2/c1-17-7-8(6-16-17)11(18)9-4-2-3-5-10(9)19-12(13,14)15/h2-7H,1H3. The fraction of sp³-hybridized carbons (Fsp3) is 0.167. The number of carbonyl (C=O) groups excluding carboxylic acids is 1. The van der Waals surface area contributed by atoms with E-state index in [1.807, 2.05) is 0 Å². The zero-order valence-corrected chi connectivity index (χ0v) is 9.81. The van der Waals surface area contributed by atoms with Crippen LogP contribution in [-0.2, 0) is 7.05 Å². The van der Waals surface area contributed by atoms with E-state index < -0.39 is 17.9 Å². The second-order valence-corrected chi connectivity index (χ2v) is 3.78. The summed E-state index contributed by atoms with van der Waals surface area (Å²) < 4.78 is 41.9. The van der Waals surface area contributed by atoms with Gasteiger partial charge >= 0.3 is 6.36 Å². The van der Waals surface area contributed by atoms with Gasteiger partial charge in [-0.25, -0.2) is 0 Å². The zero-order valence-electron chi connectivity index (χ0n) is 9.81. The Morgan fingerprint density at radius 3 is 2.58 bits per heavy atom. The van der Waals surface area contributed by atoms with E-state index in [1.54, 1.807) is 7.05 Å². The molecule has 0 unspecified atom stereocenters. The Balaban J connectivity index is 2.37. The highest BCUT2D eigenvalue weighted by Crippen LogP contribution is 2.27. The molecule has 0 radical (unpaired) electrons. The summed E-state index contributed by atoms with van der Waals surface area (Å²) in [5.74, 6) is -1.10. The SMILES string of the molecule is Cn1cc(C(=O)c2ccccc2OC(F)(F)F)cn1. The molecule has 0 bridgehead atoms. The van der Waals surface area contributed by atoms with Gasteiger partial charge in [0.1, 0.15) is 5.75 Å². The number of hydrogen-bond acceptors (Lipinski definition) is 3. The van der Waals surface area contributed by atoms with Crippen molar-refractivity contribution in [3.63, 3.8) is 0 Å². The molecule has 1 aromatic heterocycles. The molecule has 0 saturated carbocycles. The number of aromatic nitrogens is 2. The summed E-state index contributed by atoms with van der Waals surface area (Å²) >= 11 is 0. The summed E-state index contributed by atoms with van der Waals surface area (Å²) in [6.07, 6.45) is -2.13. The van der Waals surface area contributed by atoms with Gasteiger partial charge in [-0.15, -0.1) is 13.2 Å². The molecule has 2 rings (SSSR count). The molecule has 4 nitrogen and oxygen atoms in total. The lowest BCUT2D eigenvalue weighted by Gasteiger charge is -2.11. The molecular weight excluding hydrogens is 261 g/mol. The van der Waals surface area contributed by atoms with Crippen molar-refractivity contribution >= 4 is 5.78 Å². The first-order chi connectivity index (χ1) is 8.87. The number of ketones is 1. The van der Waals surface area contributed by atoms with E-state index in [0.29, 0.717) is 0 Å². The largest absolute Gasteiger partial charge is 0.573 e. The van der Waals surface area contributed by atoms with Gasteiger partial charge in [0, 0.05) is 13.2 Å². The molecule has 0 aliphatic carbocycles. The monoisotopic (exact) mass is 270 g/mol. The average molecular weight is 270 g/mol. The third kappa shape index (κ3) is 3.12. The quantitative estimate of drug-likeness (QED) is 0.805. The zero-order chi connectivity index (χ0) is 14.0. The number of ether oxygens (including phenoxy) is 1. The Morgan fingerprint density at radius 2 is 2.00 bits per heavy atom. The van der Waals surface area contributed by atoms with Crippen LogP contribution in [0.4, 0.5) is 13.2 Å². The van der Waals surface area contributed by atoms with E-state index in [9.17, 15) is 18.0 Å². The van der Waals surface area contributed by atoms with Crippen molar-refractivity contribution in [2.45, 2.75) is 6.36 Å². The predicted molar refractivity (Wildman–Crippen MR) is 59.8 cm³/mol. The second kappa shape index (κ2) is 4.75. The van der Waals surface area contributed by atoms with Crippen LogP contribution < -0.4 is 4.74 Å². The number of aryl methyl sites for hydroxylation is 1. The van der Waals surface area contributed by atoms with Gasteiger partial charge in [-0.2, -0.15) is 5.10 Å². The van der Waals surface area contributed by atoms with Crippen LogP contribution in [0.1, 0.15) is 15.9 Å². The van der Waals surface area contributed by atoms with E-state index in [1.165, 1.54) is 35.3 Å². The summed E-state index contributed by atoms with van der Waals surface area (Å²) in [5, 5.41) is 3.80. The van der Waals surface area contributed by atoms with Crippen LogP contribution in [0.15, 0.2) is 36.7 Å². The van der Waals surface area contributed by atoms with Crippen LogP contribution in [0.25, 0.3) is 0 Å². The van der Waals surface area contributed by atoms with Crippen LogP contribution in [0.5, 0.6) is 5.75 Å². The lowest BCUT2D eigenvalue weighted by molar-refractivity contribution is -0.274. The van der Waals surface area contributed by atoms with Crippen LogP contribution >= 0.6 is 0 Å². The maximum absolute atomic E-state index is 12.2. The topological polar surface area (TPSA) is 44.1 Å². The van der Waals surface area contributed by atoms with Gasteiger partial charge in [0.05, 0.1) is 17.3 Å². The number of alkyl halides is 3. The second-order valence-electron chi connectivity index (χ2n) is 3.78. The first-order valence-corrected chi connectivity index (χ1v) is 5.25. The Bertz CT molecular complexity index is 605. The van der Waals surface area contributed by atoms with E-state index in [2.05, 4.69) is 9.84 Å². The molecule has 0 saturated heterocycles. The summed E-state index contributed by atoms with van der Waals surface area (Å²) in [6.45, 7) is 0. The van der Waals surface area contributed by atoms with E-state index in [-0.39, 0.29) is 11.1 Å². The van der Waals surface area contributed by atoms with Crippen molar-refractivity contribution in [1.29, 1.82) is 0 Å². The highest BCUT2D eigenvalue weighted by atomic mass is 19.4. The molecule has 0 N–H and O–H groups in total. The lowest BCUT2D eigenvalue weighted by Crippen LogP contribution is -2.19. The van der Waals surface area contributed by atoms with Gasteiger partial charge in [0.25, 0.3) is 0 Å². The first kappa shape index (κ1) is 13.1. The minimum atomic E-state index is -4.84. The average Bonchev–Trinajstić information content (AvgIpc) is 2.74. The van der Waals surface area contributed by atoms with Gasteiger partial charge < -0.3 is 4.74 Å². The van der Waals surface area contributed by atoms with E-state index in [4.69, 9.17) is 0 Å². The summed E-state index contributed by atoms with van der Waals surface area (Å²) in [6, 6.07) is 5.20.